The second kappa shape index (κ2) is 11.7. The Labute approximate surface area is 258 Å². The number of carboxylic acid groups (broad SMARTS) is 1. The van der Waals surface area contributed by atoms with Gasteiger partial charge in [-0.15, -0.1) is 0 Å². The van der Waals surface area contributed by atoms with Crippen molar-refractivity contribution in [2.75, 3.05) is 13.7 Å². The van der Waals surface area contributed by atoms with Crippen LogP contribution in [-0.2, 0) is 25.5 Å². The number of amides is 1. The van der Waals surface area contributed by atoms with Crippen LogP contribution >= 0.6 is 0 Å². The highest BCUT2D eigenvalue weighted by molar-refractivity contribution is 5.98. The molecular weight excluding hydrogens is 560 g/mol. The zero-order valence-corrected chi connectivity index (χ0v) is 26.0. The Morgan fingerprint density at radius 2 is 1.86 bits per heavy atom. The minimum absolute atomic E-state index is 0.0139. The third-order valence-electron chi connectivity index (χ3n) is 11.7. The number of ether oxygens (including phenoxy) is 2. The molecule has 6 rings (SSSR count). The molecule has 9 heteroatoms. The van der Waals surface area contributed by atoms with Gasteiger partial charge in [-0.05, 0) is 104 Å². The van der Waals surface area contributed by atoms with Gasteiger partial charge in [0.15, 0.2) is 5.78 Å². The standard InChI is InChI=1S/C35H44N2O7/c1-34-15-12-21(38)18-20(34)4-6-24-26-7-9-29(35(26,2)16-13-27(24)34)44-31(40)11-10-30(39)36-17-14-23-25-19-22(43-3)5-8-28(25)37-32(23)33(41)42/h5,8,18-19,24,26-27,29,37H,4,6-7,9-17H2,1-3H3,(H,36,39)(H,41,42)/t24?,26?,27?,29?,34-,35-/m0/s1. The average Bonchev–Trinajstić information content (AvgIpc) is 3.53. The molecule has 236 valence electrons. The summed E-state index contributed by atoms with van der Waals surface area (Å²) in [6, 6.07) is 5.32. The fraction of sp³-hybridized carbons (Fsp3) is 0.600. The van der Waals surface area contributed by atoms with E-state index in [1.54, 1.807) is 25.3 Å². The minimum atomic E-state index is -1.06. The summed E-state index contributed by atoms with van der Waals surface area (Å²) in [6.45, 7) is 4.92. The first-order valence-electron chi connectivity index (χ1n) is 16.2. The van der Waals surface area contributed by atoms with Gasteiger partial charge in [-0.3, -0.25) is 14.4 Å². The van der Waals surface area contributed by atoms with Crippen LogP contribution in [0.4, 0.5) is 0 Å². The second-order valence-electron chi connectivity index (χ2n) is 13.9. The average molecular weight is 605 g/mol. The van der Waals surface area contributed by atoms with Gasteiger partial charge in [-0.25, -0.2) is 4.79 Å². The van der Waals surface area contributed by atoms with Crippen LogP contribution in [0.1, 0.15) is 94.1 Å². The molecule has 44 heavy (non-hydrogen) atoms. The number of aromatic amines is 1. The maximum absolute atomic E-state index is 12.9. The van der Waals surface area contributed by atoms with E-state index in [0.29, 0.717) is 47.4 Å². The van der Waals surface area contributed by atoms with Crippen LogP contribution in [-0.4, -0.2) is 53.5 Å². The molecule has 0 saturated heterocycles. The van der Waals surface area contributed by atoms with Crippen molar-refractivity contribution < 1.29 is 33.8 Å². The summed E-state index contributed by atoms with van der Waals surface area (Å²) in [4.78, 5) is 52.4. The Balaban J connectivity index is 1.01. The van der Waals surface area contributed by atoms with Gasteiger partial charge in [0.2, 0.25) is 5.91 Å². The smallest absolute Gasteiger partial charge is 0.352 e. The number of aromatic carboxylic acids is 1. The van der Waals surface area contributed by atoms with Crippen LogP contribution in [0, 0.1) is 28.6 Å². The van der Waals surface area contributed by atoms with Gasteiger partial charge in [-0.2, -0.15) is 0 Å². The van der Waals surface area contributed by atoms with E-state index in [1.807, 2.05) is 6.08 Å². The van der Waals surface area contributed by atoms with Crippen LogP contribution in [0.3, 0.4) is 0 Å². The van der Waals surface area contributed by atoms with E-state index in [9.17, 15) is 24.3 Å². The number of fused-ring (bicyclic) bond motifs is 6. The molecule has 1 aromatic carbocycles. The second-order valence-corrected chi connectivity index (χ2v) is 13.9. The molecule has 9 nitrogen and oxygen atoms in total. The highest BCUT2D eigenvalue weighted by atomic mass is 16.5. The molecule has 0 aliphatic heterocycles. The van der Waals surface area contributed by atoms with Crippen LogP contribution in [0.5, 0.6) is 5.75 Å². The topological polar surface area (TPSA) is 135 Å². The van der Waals surface area contributed by atoms with Gasteiger partial charge in [-0.1, -0.05) is 19.4 Å². The number of ketones is 1. The number of aromatic nitrogens is 1. The van der Waals surface area contributed by atoms with E-state index in [1.165, 1.54) is 5.57 Å². The van der Waals surface area contributed by atoms with Gasteiger partial charge in [0, 0.05) is 35.7 Å². The molecule has 0 bridgehead atoms. The largest absolute Gasteiger partial charge is 0.497 e. The number of hydrogen-bond donors (Lipinski definition) is 3. The zero-order valence-electron chi connectivity index (χ0n) is 26.0. The first kappa shape index (κ1) is 30.4. The monoisotopic (exact) mass is 604 g/mol. The van der Waals surface area contributed by atoms with E-state index < -0.39 is 5.97 Å². The lowest BCUT2D eigenvalue weighted by atomic mass is 9.47. The van der Waals surface area contributed by atoms with Crippen LogP contribution < -0.4 is 10.1 Å². The van der Waals surface area contributed by atoms with E-state index in [0.717, 1.165) is 50.3 Å². The minimum Gasteiger partial charge on any atom is -0.497 e. The van der Waals surface area contributed by atoms with Crippen molar-refractivity contribution in [2.45, 2.75) is 90.6 Å². The number of rotatable bonds is 9. The van der Waals surface area contributed by atoms with Crippen molar-refractivity contribution >= 4 is 34.5 Å². The maximum Gasteiger partial charge on any atom is 0.352 e. The highest BCUT2D eigenvalue weighted by Gasteiger charge is 2.60. The highest BCUT2D eigenvalue weighted by Crippen LogP contribution is 2.65. The number of H-pyrrole nitrogens is 1. The van der Waals surface area contributed by atoms with Gasteiger partial charge in [0.1, 0.15) is 17.5 Å². The van der Waals surface area contributed by atoms with Crippen molar-refractivity contribution in [3.63, 3.8) is 0 Å². The van der Waals surface area contributed by atoms with Gasteiger partial charge in [0.05, 0.1) is 13.5 Å². The number of nitrogens with one attached hydrogen (secondary N) is 2. The Bertz CT molecular complexity index is 1520. The summed E-state index contributed by atoms with van der Waals surface area (Å²) in [6.07, 6.45) is 9.94. The maximum atomic E-state index is 12.9. The van der Waals surface area contributed by atoms with Gasteiger partial charge < -0.3 is 24.9 Å². The van der Waals surface area contributed by atoms with Crippen molar-refractivity contribution in [2.24, 2.45) is 28.6 Å². The van der Waals surface area contributed by atoms with Crippen molar-refractivity contribution in [1.82, 2.24) is 10.3 Å². The molecule has 4 aliphatic carbocycles. The number of carbonyl (C=O) groups excluding carboxylic acids is 3. The number of carbonyl (C=O) groups is 4. The number of hydrogen-bond acceptors (Lipinski definition) is 6. The first-order valence-corrected chi connectivity index (χ1v) is 16.2. The van der Waals surface area contributed by atoms with Gasteiger partial charge in [0.25, 0.3) is 0 Å². The summed E-state index contributed by atoms with van der Waals surface area (Å²) in [5, 5.41) is 13.2. The molecule has 3 N–H and O–H groups in total. The Hall–Kier alpha value is -3.62. The number of methoxy groups -OCH3 is 1. The van der Waals surface area contributed by atoms with E-state index >= 15 is 0 Å². The molecule has 6 atom stereocenters. The molecule has 4 aliphatic rings. The lowest BCUT2D eigenvalue weighted by molar-refractivity contribution is -0.160. The SMILES string of the molecule is COc1ccc2[nH]c(C(=O)O)c(CCNC(=O)CCC(=O)OC3CCC4C5CCC6=CC(=O)CC[C@]6(C)C5CC[C@]34C)c2c1. The summed E-state index contributed by atoms with van der Waals surface area (Å²) in [5.41, 5.74) is 2.81. The normalized spacial score (nSPS) is 31.0. The lowest BCUT2D eigenvalue weighted by Crippen LogP contribution is -2.51. The Morgan fingerprint density at radius 3 is 2.64 bits per heavy atom. The summed E-state index contributed by atoms with van der Waals surface area (Å²) in [7, 11) is 1.55. The van der Waals surface area contributed by atoms with Gasteiger partial charge >= 0.3 is 11.9 Å². The molecular formula is C35H44N2O7. The Kier molecular flexibility index (Phi) is 8.09. The van der Waals surface area contributed by atoms with Crippen LogP contribution in [0.25, 0.3) is 10.9 Å². The molecule has 1 heterocycles. The molecule has 1 aromatic heterocycles. The molecule has 2 aromatic rings. The van der Waals surface area contributed by atoms with E-state index in [-0.39, 0.29) is 59.7 Å². The summed E-state index contributed by atoms with van der Waals surface area (Å²) in [5.74, 6) is 0.928. The number of carboxylic acids is 1. The predicted octanol–water partition coefficient (Wildman–Crippen LogP) is 5.76. The van der Waals surface area contributed by atoms with E-state index in [4.69, 9.17) is 9.47 Å². The fourth-order valence-corrected chi connectivity index (χ4v) is 9.35. The Morgan fingerprint density at radius 1 is 1.05 bits per heavy atom. The molecule has 0 spiro atoms. The molecule has 1 amide bonds. The summed E-state index contributed by atoms with van der Waals surface area (Å²) < 4.78 is 11.4. The zero-order chi connectivity index (χ0) is 31.2. The van der Waals surface area contributed by atoms with E-state index in [2.05, 4.69) is 24.1 Å². The molecule has 3 fully saturated rings. The predicted molar refractivity (Wildman–Crippen MR) is 164 cm³/mol. The van der Waals surface area contributed by atoms with Crippen molar-refractivity contribution in [3.8, 4) is 5.75 Å². The molecule has 3 saturated carbocycles. The molecule has 4 unspecified atom stereocenters. The number of allylic oxidation sites excluding steroid dienone is 1. The first-order chi connectivity index (χ1) is 21.0. The third-order valence-corrected chi connectivity index (χ3v) is 11.7. The quantitative estimate of drug-likeness (QED) is 0.310. The molecule has 0 radical (unpaired) electrons. The number of esters is 1. The fourth-order valence-electron chi connectivity index (χ4n) is 9.35. The number of benzene rings is 1. The van der Waals surface area contributed by atoms with Crippen LogP contribution in [0.15, 0.2) is 29.8 Å². The third kappa shape index (κ3) is 5.32. The lowest BCUT2D eigenvalue weighted by Gasteiger charge is -2.57. The van der Waals surface area contributed by atoms with Crippen molar-refractivity contribution in [1.29, 1.82) is 0 Å². The van der Waals surface area contributed by atoms with Crippen LogP contribution in [0.2, 0.25) is 0 Å². The summed E-state index contributed by atoms with van der Waals surface area (Å²) >= 11 is 0. The van der Waals surface area contributed by atoms with Crippen molar-refractivity contribution in [3.05, 3.63) is 41.1 Å².